The van der Waals surface area contributed by atoms with Gasteiger partial charge in [0.2, 0.25) is 0 Å². The van der Waals surface area contributed by atoms with E-state index in [4.69, 9.17) is 5.73 Å². The van der Waals surface area contributed by atoms with E-state index in [9.17, 15) is 5.11 Å². The Bertz CT molecular complexity index is 283. The Balaban J connectivity index is 2.38. The van der Waals surface area contributed by atoms with Crippen LogP contribution in [-0.4, -0.2) is 45.5 Å². The molecule has 0 saturated carbocycles. The number of rotatable bonds is 6. The van der Waals surface area contributed by atoms with Crippen molar-refractivity contribution in [3.05, 3.63) is 12.3 Å². The lowest BCUT2D eigenvalue weighted by atomic mass is 10.3. The van der Waals surface area contributed by atoms with Gasteiger partial charge in [0.15, 0.2) is 0 Å². The lowest BCUT2D eigenvalue weighted by Crippen LogP contribution is -2.34. The molecule has 5 heteroatoms. The molecule has 0 spiro atoms. The molecule has 0 radical (unpaired) electrons. The van der Waals surface area contributed by atoms with Crippen molar-refractivity contribution in [2.24, 2.45) is 0 Å². The van der Waals surface area contributed by atoms with Gasteiger partial charge in [-0.15, -0.1) is 0 Å². The van der Waals surface area contributed by atoms with Crippen molar-refractivity contribution in [3.63, 3.8) is 0 Å². The first kappa shape index (κ1) is 12.0. The molecule has 1 atom stereocenters. The second-order valence-electron chi connectivity index (χ2n) is 3.60. The van der Waals surface area contributed by atoms with Crippen LogP contribution in [-0.2, 0) is 6.54 Å². The summed E-state index contributed by atoms with van der Waals surface area (Å²) in [6.45, 7) is 7.24. The molecular formula is C10H20N4O. The second kappa shape index (κ2) is 5.72. The van der Waals surface area contributed by atoms with Crippen molar-refractivity contribution in [3.8, 4) is 0 Å². The number of nitrogens with zero attached hydrogens (tertiary/aromatic N) is 3. The fourth-order valence-electron chi connectivity index (χ4n) is 1.53. The minimum atomic E-state index is -0.399. The number of anilines is 1. The average molecular weight is 212 g/mol. The standard InChI is InChI=1S/C10H20N4O/c1-3-13(4-2)7-9(15)8-14-6-5-10(11)12-14/h5-6,9,15H,3-4,7-8H2,1-2H3,(H2,11,12)/t9-/m0/s1. The molecular weight excluding hydrogens is 192 g/mol. The highest BCUT2D eigenvalue weighted by Crippen LogP contribution is 1.99. The van der Waals surface area contributed by atoms with Crippen molar-refractivity contribution in [2.75, 3.05) is 25.4 Å². The Labute approximate surface area is 90.5 Å². The number of hydrogen-bond donors (Lipinski definition) is 2. The fourth-order valence-corrected chi connectivity index (χ4v) is 1.53. The molecule has 0 saturated heterocycles. The van der Waals surface area contributed by atoms with E-state index in [2.05, 4.69) is 23.8 Å². The van der Waals surface area contributed by atoms with Crippen LogP contribution < -0.4 is 5.73 Å². The molecule has 0 fully saturated rings. The molecule has 86 valence electrons. The van der Waals surface area contributed by atoms with Gasteiger partial charge in [0.05, 0.1) is 12.6 Å². The second-order valence-corrected chi connectivity index (χ2v) is 3.60. The Kier molecular flexibility index (Phi) is 4.58. The Morgan fingerprint density at radius 1 is 1.53 bits per heavy atom. The van der Waals surface area contributed by atoms with Gasteiger partial charge in [-0.05, 0) is 19.2 Å². The van der Waals surface area contributed by atoms with Gasteiger partial charge < -0.3 is 15.7 Å². The predicted molar refractivity (Wildman–Crippen MR) is 60.4 cm³/mol. The fraction of sp³-hybridized carbons (Fsp3) is 0.700. The van der Waals surface area contributed by atoms with Crippen LogP contribution >= 0.6 is 0 Å². The summed E-state index contributed by atoms with van der Waals surface area (Å²) in [6.07, 6.45) is 1.38. The van der Waals surface area contributed by atoms with Gasteiger partial charge in [-0.2, -0.15) is 5.10 Å². The molecule has 0 bridgehead atoms. The number of aliphatic hydroxyl groups is 1. The topological polar surface area (TPSA) is 67.3 Å². The third-order valence-corrected chi connectivity index (χ3v) is 2.42. The molecule has 1 heterocycles. The summed E-state index contributed by atoms with van der Waals surface area (Å²) in [5, 5.41) is 13.8. The molecule has 3 N–H and O–H groups in total. The van der Waals surface area contributed by atoms with Crippen LogP contribution in [0.2, 0.25) is 0 Å². The normalized spacial score (nSPS) is 13.3. The summed E-state index contributed by atoms with van der Waals surface area (Å²) in [6, 6.07) is 1.73. The van der Waals surface area contributed by atoms with Gasteiger partial charge in [-0.3, -0.25) is 4.68 Å². The highest BCUT2D eigenvalue weighted by molar-refractivity contribution is 5.23. The molecule has 0 aliphatic rings. The zero-order valence-corrected chi connectivity index (χ0v) is 9.43. The van der Waals surface area contributed by atoms with E-state index in [0.717, 1.165) is 13.1 Å². The molecule has 0 aliphatic heterocycles. The Morgan fingerprint density at radius 2 is 2.20 bits per heavy atom. The van der Waals surface area contributed by atoms with Crippen LogP contribution in [0.4, 0.5) is 5.82 Å². The SMILES string of the molecule is CCN(CC)C[C@H](O)Cn1ccc(N)n1. The summed E-state index contributed by atoms with van der Waals surface area (Å²) < 4.78 is 1.67. The number of aliphatic hydroxyl groups excluding tert-OH is 1. The van der Waals surface area contributed by atoms with Gasteiger partial charge in [0, 0.05) is 12.7 Å². The van der Waals surface area contributed by atoms with Crippen LogP contribution in [0.1, 0.15) is 13.8 Å². The molecule has 0 aliphatic carbocycles. The number of nitrogen functional groups attached to an aromatic ring is 1. The summed E-state index contributed by atoms with van der Waals surface area (Å²) in [7, 11) is 0. The van der Waals surface area contributed by atoms with E-state index in [-0.39, 0.29) is 0 Å². The number of aromatic nitrogens is 2. The van der Waals surface area contributed by atoms with Crippen LogP contribution in [0.3, 0.4) is 0 Å². The third kappa shape index (κ3) is 3.89. The van der Waals surface area contributed by atoms with Gasteiger partial charge >= 0.3 is 0 Å². The summed E-state index contributed by atoms with van der Waals surface area (Å²) in [4.78, 5) is 2.18. The third-order valence-electron chi connectivity index (χ3n) is 2.42. The zero-order valence-electron chi connectivity index (χ0n) is 9.43. The Morgan fingerprint density at radius 3 is 2.67 bits per heavy atom. The predicted octanol–water partition coefficient (Wildman–Crippen LogP) is 0.168. The van der Waals surface area contributed by atoms with E-state index in [0.29, 0.717) is 18.9 Å². The summed E-state index contributed by atoms with van der Waals surface area (Å²) in [5.41, 5.74) is 5.48. The smallest absolute Gasteiger partial charge is 0.145 e. The summed E-state index contributed by atoms with van der Waals surface area (Å²) in [5.74, 6) is 0.491. The van der Waals surface area contributed by atoms with Crippen LogP contribution in [0, 0.1) is 0 Å². The van der Waals surface area contributed by atoms with E-state index in [1.165, 1.54) is 0 Å². The van der Waals surface area contributed by atoms with Crippen molar-refractivity contribution < 1.29 is 5.11 Å². The largest absolute Gasteiger partial charge is 0.390 e. The van der Waals surface area contributed by atoms with Gasteiger partial charge in [-0.1, -0.05) is 13.8 Å². The van der Waals surface area contributed by atoms with Gasteiger partial charge in [-0.25, -0.2) is 0 Å². The first-order valence-electron chi connectivity index (χ1n) is 5.35. The first-order valence-corrected chi connectivity index (χ1v) is 5.35. The maximum Gasteiger partial charge on any atom is 0.145 e. The highest BCUT2D eigenvalue weighted by atomic mass is 16.3. The summed E-state index contributed by atoms with van der Waals surface area (Å²) >= 11 is 0. The number of nitrogens with two attached hydrogens (primary N) is 1. The maximum atomic E-state index is 9.80. The highest BCUT2D eigenvalue weighted by Gasteiger charge is 2.09. The van der Waals surface area contributed by atoms with Gasteiger partial charge in [0.1, 0.15) is 5.82 Å². The van der Waals surface area contributed by atoms with Crippen molar-refractivity contribution in [1.82, 2.24) is 14.7 Å². The van der Waals surface area contributed by atoms with Crippen LogP contribution in [0.5, 0.6) is 0 Å². The zero-order chi connectivity index (χ0) is 11.3. The lowest BCUT2D eigenvalue weighted by Gasteiger charge is -2.21. The monoisotopic (exact) mass is 212 g/mol. The molecule has 1 aromatic heterocycles. The average Bonchev–Trinajstić information content (AvgIpc) is 2.60. The molecule has 0 amide bonds. The van der Waals surface area contributed by atoms with E-state index in [1.807, 2.05) is 0 Å². The number of likely N-dealkylation sites (N-methyl/N-ethyl adjacent to an activating group) is 1. The minimum Gasteiger partial charge on any atom is -0.390 e. The van der Waals surface area contributed by atoms with Crippen LogP contribution in [0.15, 0.2) is 12.3 Å². The molecule has 5 nitrogen and oxygen atoms in total. The molecule has 15 heavy (non-hydrogen) atoms. The van der Waals surface area contributed by atoms with E-state index >= 15 is 0 Å². The van der Waals surface area contributed by atoms with Crippen molar-refractivity contribution in [2.45, 2.75) is 26.5 Å². The molecule has 1 rings (SSSR count). The van der Waals surface area contributed by atoms with E-state index in [1.54, 1.807) is 16.9 Å². The minimum absolute atomic E-state index is 0.399. The molecule has 1 aromatic rings. The Hall–Kier alpha value is -1.07. The molecule has 0 aromatic carbocycles. The maximum absolute atomic E-state index is 9.80. The quantitative estimate of drug-likeness (QED) is 0.705. The van der Waals surface area contributed by atoms with E-state index < -0.39 is 6.10 Å². The van der Waals surface area contributed by atoms with Crippen molar-refractivity contribution in [1.29, 1.82) is 0 Å². The first-order chi connectivity index (χ1) is 7.15. The van der Waals surface area contributed by atoms with Crippen LogP contribution in [0.25, 0.3) is 0 Å². The van der Waals surface area contributed by atoms with Gasteiger partial charge in [0.25, 0.3) is 0 Å². The van der Waals surface area contributed by atoms with Crippen molar-refractivity contribution >= 4 is 5.82 Å². The number of hydrogen-bond acceptors (Lipinski definition) is 4. The lowest BCUT2D eigenvalue weighted by molar-refractivity contribution is 0.0998. The molecule has 0 unspecified atom stereocenters.